The number of carbonyl (C=O) groups is 1. The molecule has 1 aliphatic carbocycles. The van der Waals surface area contributed by atoms with E-state index >= 15 is 0 Å². The maximum atomic E-state index is 12.6. The number of carbonyl (C=O) groups excluding carboxylic acids is 1. The molecule has 1 N–H and O–H groups in total. The minimum atomic E-state index is -0.0624. The van der Waals surface area contributed by atoms with E-state index in [0.717, 1.165) is 35.2 Å². The van der Waals surface area contributed by atoms with Crippen molar-refractivity contribution in [2.24, 2.45) is 7.05 Å². The number of aryl methyl sites for hydroxylation is 1. The van der Waals surface area contributed by atoms with E-state index in [1.165, 1.54) is 0 Å². The quantitative estimate of drug-likeness (QED) is 0.801. The predicted octanol–water partition coefficient (Wildman–Crippen LogP) is 2.54. The van der Waals surface area contributed by atoms with Gasteiger partial charge >= 0.3 is 0 Å². The summed E-state index contributed by atoms with van der Waals surface area (Å²) < 4.78 is 6.89. The summed E-state index contributed by atoms with van der Waals surface area (Å²) in [6.07, 6.45) is 3.80. The zero-order valence-electron chi connectivity index (χ0n) is 13.6. The second-order valence-corrected chi connectivity index (χ2v) is 6.04. The molecule has 6 heteroatoms. The smallest absolute Gasteiger partial charge is 0.252 e. The van der Waals surface area contributed by atoms with Crippen molar-refractivity contribution in [1.82, 2.24) is 20.1 Å². The van der Waals surface area contributed by atoms with Crippen molar-refractivity contribution >= 4 is 16.9 Å². The highest BCUT2D eigenvalue weighted by Gasteiger charge is 2.25. The van der Waals surface area contributed by atoms with E-state index in [0.29, 0.717) is 17.3 Å². The average Bonchev–Trinajstić information content (AvgIpc) is 3.35. The lowest BCUT2D eigenvalue weighted by Crippen LogP contribution is -2.25. The molecule has 0 radical (unpaired) electrons. The molecule has 0 aliphatic heterocycles. The second kappa shape index (κ2) is 5.63. The highest BCUT2D eigenvalue weighted by Crippen LogP contribution is 2.27. The number of ether oxygens (including phenoxy) is 1. The summed E-state index contributed by atoms with van der Waals surface area (Å²) in [5.41, 5.74) is 2.99. The summed E-state index contributed by atoms with van der Waals surface area (Å²) in [6.45, 7) is 0. The Labute approximate surface area is 139 Å². The molecule has 4 rings (SSSR count). The number of fused-ring (bicyclic) bond motifs is 1. The van der Waals surface area contributed by atoms with Crippen molar-refractivity contribution < 1.29 is 9.53 Å². The van der Waals surface area contributed by atoms with Crippen LogP contribution in [0.15, 0.2) is 36.5 Å². The number of hydrogen-bond donors (Lipinski definition) is 1. The Morgan fingerprint density at radius 2 is 2.04 bits per heavy atom. The number of benzene rings is 1. The van der Waals surface area contributed by atoms with Gasteiger partial charge < -0.3 is 10.1 Å². The Bertz CT molecular complexity index is 911. The van der Waals surface area contributed by atoms with Gasteiger partial charge in [0.05, 0.1) is 30.0 Å². The van der Waals surface area contributed by atoms with Crippen molar-refractivity contribution in [3.63, 3.8) is 0 Å². The minimum Gasteiger partial charge on any atom is -0.497 e. The molecule has 0 spiro atoms. The fraction of sp³-hybridized carbons (Fsp3) is 0.278. The second-order valence-electron chi connectivity index (χ2n) is 6.04. The van der Waals surface area contributed by atoms with Crippen LogP contribution in [-0.2, 0) is 7.05 Å². The van der Waals surface area contributed by atoms with Crippen LogP contribution in [0.3, 0.4) is 0 Å². The van der Waals surface area contributed by atoms with Gasteiger partial charge in [-0.3, -0.25) is 9.48 Å². The van der Waals surface area contributed by atoms with Gasteiger partial charge in [0.1, 0.15) is 5.75 Å². The Hall–Kier alpha value is -2.89. The number of nitrogens with one attached hydrogen (secondary N) is 1. The predicted molar refractivity (Wildman–Crippen MR) is 91.0 cm³/mol. The van der Waals surface area contributed by atoms with Crippen LogP contribution in [0.25, 0.3) is 22.3 Å². The summed E-state index contributed by atoms with van der Waals surface area (Å²) in [5, 5.41) is 8.07. The number of aromatic nitrogens is 3. The average molecular weight is 322 g/mol. The highest BCUT2D eigenvalue weighted by molar-refractivity contribution is 6.06. The highest BCUT2D eigenvalue weighted by atomic mass is 16.5. The molecule has 0 atom stereocenters. The molecule has 2 aromatic heterocycles. The first-order chi connectivity index (χ1) is 11.7. The molecule has 0 unspecified atom stereocenters. The molecule has 1 aromatic carbocycles. The Morgan fingerprint density at radius 3 is 2.71 bits per heavy atom. The van der Waals surface area contributed by atoms with Crippen molar-refractivity contribution in [1.29, 1.82) is 0 Å². The van der Waals surface area contributed by atoms with Gasteiger partial charge in [0.25, 0.3) is 5.91 Å². The zero-order chi connectivity index (χ0) is 16.7. The maximum Gasteiger partial charge on any atom is 0.252 e. The Morgan fingerprint density at radius 1 is 1.29 bits per heavy atom. The first-order valence-electron chi connectivity index (χ1n) is 7.94. The van der Waals surface area contributed by atoms with E-state index in [9.17, 15) is 4.79 Å². The number of methoxy groups -OCH3 is 1. The van der Waals surface area contributed by atoms with Crippen molar-refractivity contribution in [3.05, 3.63) is 42.1 Å². The molecule has 2 heterocycles. The van der Waals surface area contributed by atoms with E-state index < -0.39 is 0 Å². The largest absolute Gasteiger partial charge is 0.497 e. The summed E-state index contributed by atoms with van der Waals surface area (Å²) in [6, 6.07) is 9.78. The summed E-state index contributed by atoms with van der Waals surface area (Å²) in [7, 11) is 3.46. The summed E-state index contributed by atoms with van der Waals surface area (Å²) >= 11 is 0. The molecule has 1 aliphatic rings. The molecule has 122 valence electrons. The van der Waals surface area contributed by atoms with Crippen LogP contribution in [0.1, 0.15) is 23.2 Å². The molecule has 0 bridgehead atoms. The fourth-order valence-corrected chi connectivity index (χ4v) is 2.70. The van der Waals surface area contributed by atoms with Crippen LogP contribution in [0.4, 0.5) is 0 Å². The number of pyridine rings is 1. The van der Waals surface area contributed by atoms with Crippen LogP contribution in [-0.4, -0.2) is 33.8 Å². The first-order valence-corrected chi connectivity index (χ1v) is 7.94. The van der Waals surface area contributed by atoms with Crippen molar-refractivity contribution in [3.8, 4) is 17.0 Å². The van der Waals surface area contributed by atoms with E-state index in [1.807, 2.05) is 37.4 Å². The van der Waals surface area contributed by atoms with E-state index in [1.54, 1.807) is 18.0 Å². The third kappa shape index (κ3) is 2.60. The van der Waals surface area contributed by atoms with Gasteiger partial charge in [-0.2, -0.15) is 5.10 Å². The van der Waals surface area contributed by atoms with Crippen LogP contribution in [0.5, 0.6) is 5.75 Å². The van der Waals surface area contributed by atoms with Crippen LogP contribution < -0.4 is 10.1 Å². The van der Waals surface area contributed by atoms with Crippen molar-refractivity contribution in [2.45, 2.75) is 18.9 Å². The van der Waals surface area contributed by atoms with Crippen LogP contribution in [0, 0.1) is 0 Å². The SMILES string of the molecule is COc1ccc(-c2cc(C(=O)NC3CC3)c3cnn(C)c3n2)cc1. The molecular weight excluding hydrogens is 304 g/mol. The molecule has 0 saturated heterocycles. The van der Waals surface area contributed by atoms with Gasteiger partial charge in [-0.1, -0.05) is 0 Å². The normalized spacial score (nSPS) is 13.9. The lowest BCUT2D eigenvalue weighted by molar-refractivity contribution is 0.0952. The molecule has 1 amide bonds. The topological polar surface area (TPSA) is 69.0 Å². The Kier molecular flexibility index (Phi) is 3.45. The molecular formula is C18H18N4O2. The van der Waals surface area contributed by atoms with Gasteiger partial charge in [-0.05, 0) is 43.2 Å². The maximum absolute atomic E-state index is 12.6. The van der Waals surface area contributed by atoms with E-state index in [2.05, 4.69) is 15.4 Å². The first kappa shape index (κ1) is 14.7. The Balaban J connectivity index is 1.82. The molecule has 1 fully saturated rings. The molecule has 1 saturated carbocycles. The van der Waals surface area contributed by atoms with Crippen molar-refractivity contribution in [2.75, 3.05) is 7.11 Å². The number of hydrogen-bond acceptors (Lipinski definition) is 4. The van der Waals surface area contributed by atoms with Gasteiger partial charge in [-0.25, -0.2) is 4.98 Å². The van der Waals surface area contributed by atoms with Gasteiger partial charge in [0, 0.05) is 18.7 Å². The monoisotopic (exact) mass is 322 g/mol. The van der Waals surface area contributed by atoms with Gasteiger partial charge in [0.2, 0.25) is 0 Å². The number of nitrogens with zero attached hydrogens (tertiary/aromatic N) is 3. The number of amides is 1. The third-order valence-electron chi connectivity index (χ3n) is 4.25. The van der Waals surface area contributed by atoms with Gasteiger partial charge in [-0.15, -0.1) is 0 Å². The van der Waals surface area contributed by atoms with Crippen LogP contribution in [0.2, 0.25) is 0 Å². The lowest BCUT2D eigenvalue weighted by Gasteiger charge is -2.09. The fourth-order valence-electron chi connectivity index (χ4n) is 2.70. The summed E-state index contributed by atoms with van der Waals surface area (Å²) in [5.74, 6) is 0.722. The molecule has 3 aromatic rings. The lowest BCUT2D eigenvalue weighted by atomic mass is 10.1. The summed E-state index contributed by atoms with van der Waals surface area (Å²) in [4.78, 5) is 17.3. The van der Waals surface area contributed by atoms with E-state index in [-0.39, 0.29) is 5.91 Å². The molecule has 6 nitrogen and oxygen atoms in total. The standard InChI is InChI=1S/C18H18N4O2/c1-22-17-15(10-19-22)14(18(23)20-12-5-6-12)9-16(21-17)11-3-7-13(24-2)8-4-11/h3-4,7-10,12H,5-6H2,1-2H3,(H,20,23). The van der Waals surface area contributed by atoms with E-state index in [4.69, 9.17) is 4.74 Å². The van der Waals surface area contributed by atoms with Gasteiger partial charge in [0.15, 0.2) is 5.65 Å². The molecule has 24 heavy (non-hydrogen) atoms. The van der Waals surface area contributed by atoms with Crippen LogP contribution >= 0.6 is 0 Å². The number of rotatable bonds is 4. The zero-order valence-corrected chi connectivity index (χ0v) is 13.6. The minimum absolute atomic E-state index is 0.0624. The third-order valence-corrected chi connectivity index (χ3v) is 4.25.